The Balaban J connectivity index is 2.82. The topological polar surface area (TPSA) is 0 Å². The largest absolute Gasteiger partial charge is 0.145 e. The van der Waals surface area contributed by atoms with E-state index in [9.17, 15) is 0 Å². The van der Waals surface area contributed by atoms with Gasteiger partial charge in [-0.3, -0.25) is 0 Å². The normalized spacial score (nSPS) is 15.5. The molecule has 0 aliphatic rings. The minimum absolute atomic E-state index is 1.34. The molecule has 0 atom stereocenters. The molecule has 0 amide bonds. The zero-order valence-electron chi connectivity index (χ0n) is 27.1. The number of hydrogen-bond donors (Lipinski definition) is 0. The summed E-state index contributed by atoms with van der Waals surface area (Å²) >= 11 is 4.49. The van der Waals surface area contributed by atoms with Crippen molar-refractivity contribution in [2.24, 2.45) is 0 Å². The minimum Gasteiger partial charge on any atom is -0.145 e. The predicted molar refractivity (Wildman–Crippen MR) is 198 cm³/mol. The maximum Gasteiger partial charge on any atom is 0.0806 e. The van der Waals surface area contributed by atoms with E-state index in [0.717, 1.165) is 0 Å². The van der Waals surface area contributed by atoms with E-state index in [-0.39, 0.29) is 0 Å². The van der Waals surface area contributed by atoms with Crippen LogP contribution in [0.1, 0.15) is 0 Å². The van der Waals surface area contributed by atoms with E-state index < -0.39 is 58.8 Å². The number of hydrogen-bond acceptors (Lipinski definition) is 2. The molecule has 206 valence electrons. The van der Waals surface area contributed by atoms with Crippen LogP contribution in [0, 0.1) is 0 Å². The lowest BCUT2D eigenvalue weighted by molar-refractivity contribution is 1.74. The highest BCUT2D eigenvalue weighted by atomic mass is 32.1. The van der Waals surface area contributed by atoms with Crippen LogP contribution in [0.5, 0.6) is 0 Å². The lowest BCUT2D eigenvalue weighted by Gasteiger charge is -2.57. The van der Waals surface area contributed by atoms with Crippen LogP contribution in [0.25, 0.3) is 9.75 Å². The van der Waals surface area contributed by atoms with Crippen molar-refractivity contribution in [1.29, 1.82) is 0 Å². The molecule has 0 aliphatic carbocycles. The van der Waals surface area contributed by atoms with Crippen LogP contribution in [-0.4, -0.2) is 58.8 Å². The third-order valence-corrected chi connectivity index (χ3v) is 158. The molecule has 10 heteroatoms. The molecule has 0 aromatic carbocycles. The van der Waals surface area contributed by atoms with Gasteiger partial charge in [0.15, 0.2) is 0 Å². The van der Waals surface area contributed by atoms with Gasteiger partial charge < -0.3 is 0 Å². The summed E-state index contributed by atoms with van der Waals surface area (Å²) in [5.41, 5.74) is 0. The van der Waals surface area contributed by atoms with Gasteiger partial charge >= 0.3 is 0 Å². The fourth-order valence-corrected chi connectivity index (χ4v) is 228. The van der Waals surface area contributed by atoms with E-state index >= 15 is 0 Å². The van der Waals surface area contributed by atoms with Gasteiger partial charge in [0.25, 0.3) is 0 Å². The summed E-state index contributed by atoms with van der Waals surface area (Å²) in [7, 11) is -8.01. The molecule has 0 saturated carbocycles. The lowest BCUT2D eigenvalue weighted by atomic mass is 10.4. The van der Waals surface area contributed by atoms with Gasteiger partial charge in [0.1, 0.15) is 0 Å². The molecule has 0 aliphatic heterocycles. The van der Waals surface area contributed by atoms with E-state index in [4.69, 9.17) is 0 Å². The summed E-state index contributed by atoms with van der Waals surface area (Å²) in [5, 5.41) is 0. The molecule has 0 fully saturated rings. The molecule has 0 nitrogen and oxygen atoms in total. The highest BCUT2D eigenvalue weighted by Gasteiger charge is 2.64. The van der Waals surface area contributed by atoms with Crippen molar-refractivity contribution < 1.29 is 0 Å². The lowest BCUT2D eigenvalue weighted by Crippen LogP contribution is -2.87. The van der Waals surface area contributed by atoms with Gasteiger partial charge in [-0.2, -0.15) is 0 Å². The average Bonchev–Trinajstić information content (AvgIpc) is 3.16. The van der Waals surface area contributed by atoms with Crippen LogP contribution in [0.4, 0.5) is 0 Å². The molecule has 2 aromatic rings. The van der Waals surface area contributed by atoms with E-state index in [2.05, 4.69) is 165 Å². The van der Waals surface area contributed by atoms with Crippen molar-refractivity contribution in [3.63, 3.8) is 0 Å². The Bertz CT molecular complexity index is 900. The first-order chi connectivity index (χ1) is 15.7. The van der Waals surface area contributed by atoms with Crippen molar-refractivity contribution in [2.75, 3.05) is 0 Å². The van der Waals surface area contributed by atoms with Gasteiger partial charge in [-0.25, -0.2) is 0 Å². The van der Waals surface area contributed by atoms with Crippen molar-refractivity contribution in [3.8, 4) is 9.75 Å². The zero-order chi connectivity index (χ0) is 28.6. The molecule has 0 unspecified atom stereocenters. The maximum atomic E-state index is 2.73. The molecule has 0 spiro atoms. The Morgan fingerprint density at radius 3 is 0.694 bits per heavy atom. The fourth-order valence-electron chi connectivity index (χ4n) is 10.3. The first-order valence-electron chi connectivity index (χ1n) is 13.9. The first kappa shape index (κ1) is 33.3. The second-order valence-electron chi connectivity index (χ2n) is 17.3. The monoisotopic (exact) mass is 658 g/mol. The molecule has 2 aromatic heterocycles. The molecule has 0 radical (unpaired) electrons. The number of rotatable bonds is 9. The maximum absolute atomic E-state index is 2.73. The standard InChI is InChI=1S/C26H58S2Si8/c1-29(2,3)35(30(4,5)6,31(7,8)9)25-21-19-23(27-25)24-20-22-26(28-24)36(32(10,11)12,33(13,14)15)34(16,17)18/h19-22H,1-18H3. The molecule has 0 bridgehead atoms. The Morgan fingerprint density at radius 1 is 0.333 bits per heavy atom. The third kappa shape index (κ3) is 5.15. The first-order valence-corrected chi connectivity index (χ1v) is 46.5. The predicted octanol–water partition coefficient (Wildman–Crippen LogP) is 9.29. The van der Waals surface area contributed by atoms with Gasteiger partial charge in [-0.05, 0) is 21.1 Å². The van der Waals surface area contributed by atoms with Gasteiger partial charge in [-0.1, -0.05) is 130 Å². The van der Waals surface area contributed by atoms with Gasteiger partial charge in [-0.15, -0.1) is 22.7 Å². The third-order valence-electron chi connectivity index (χ3n) is 8.94. The van der Waals surface area contributed by atoms with Crippen LogP contribution >= 0.6 is 22.7 Å². The Labute approximate surface area is 240 Å². The molecule has 0 N–H and O–H groups in total. The van der Waals surface area contributed by atoms with Crippen molar-refractivity contribution in [1.82, 2.24) is 0 Å². The molecular weight excluding hydrogens is 601 g/mol. The Hall–Kier alpha value is 1.14. The van der Waals surface area contributed by atoms with Gasteiger partial charge in [0.2, 0.25) is 0 Å². The van der Waals surface area contributed by atoms with Crippen LogP contribution in [0.3, 0.4) is 0 Å². The average molecular weight is 660 g/mol. The summed E-state index contributed by atoms with van der Waals surface area (Å²) in [6.07, 6.45) is 0. The Kier molecular flexibility index (Phi) is 9.17. The zero-order valence-corrected chi connectivity index (χ0v) is 36.8. The summed E-state index contributed by atoms with van der Waals surface area (Å²) in [5.74, 6) is 0. The van der Waals surface area contributed by atoms with Crippen molar-refractivity contribution in [3.05, 3.63) is 24.3 Å². The highest BCUT2D eigenvalue weighted by Crippen LogP contribution is 2.42. The molecule has 2 rings (SSSR count). The molecule has 36 heavy (non-hydrogen) atoms. The smallest absolute Gasteiger partial charge is 0.0806 e. The summed E-state index contributed by atoms with van der Waals surface area (Å²) in [6, 6.07) is 10.4. The van der Waals surface area contributed by atoms with E-state index in [0.29, 0.717) is 0 Å². The minimum atomic E-state index is -1.54. The summed E-state index contributed by atoms with van der Waals surface area (Å²) in [6.45, 7) is 46.1. The SMILES string of the molecule is C[Si](C)(C)[Si](c1ccc(-c2ccc([Si]([Si](C)(C)C)([Si](C)(C)C)[Si](C)(C)C)s2)s1)([Si](C)(C)C)[Si](C)(C)C. The fraction of sp³-hybridized carbons (Fsp3) is 0.692. The van der Waals surface area contributed by atoms with Crippen LogP contribution in [0.2, 0.25) is 118 Å². The van der Waals surface area contributed by atoms with Crippen molar-refractivity contribution >= 4 is 90.5 Å². The van der Waals surface area contributed by atoms with Gasteiger partial charge in [0, 0.05) is 55.3 Å². The Morgan fingerprint density at radius 2 is 0.528 bits per heavy atom. The van der Waals surface area contributed by atoms with E-state index in [1.165, 1.54) is 0 Å². The molecular formula is C26H58S2Si8. The van der Waals surface area contributed by atoms with E-state index in [1.54, 1.807) is 9.75 Å². The second kappa shape index (κ2) is 9.90. The number of thiophene rings is 2. The highest BCUT2D eigenvalue weighted by molar-refractivity contribution is 7.95. The molecule has 0 saturated heterocycles. The summed E-state index contributed by atoms with van der Waals surface area (Å²) in [4.78, 5) is 3.16. The van der Waals surface area contributed by atoms with Crippen LogP contribution in [0.15, 0.2) is 24.3 Å². The van der Waals surface area contributed by atoms with E-state index in [1.807, 2.05) is 9.00 Å². The van der Waals surface area contributed by atoms with Gasteiger partial charge in [0.05, 0.1) is 13.3 Å². The summed E-state index contributed by atoms with van der Waals surface area (Å²) < 4.78 is 3.77. The second-order valence-corrected chi connectivity index (χ2v) is 101. The molecule has 2 heterocycles. The van der Waals surface area contributed by atoms with Crippen LogP contribution < -0.4 is 9.00 Å². The van der Waals surface area contributed by atoms with Crippen molar-refractivity contribution in [2.45, 2.75) is 118 Å². The quantitative estimate of drug-likeness (QED) is 0.236. The van der Waals surface area contributed by atoms with Crippen LogP contribution in [-0.2, 0) is 0 Å².